The normalized spacial score (nSPS) is 15.5. The average molecular weight is 373 g/mol. The molecule has 0 bridgehead atoms. The molecule has 0 radical (unpaired) electrons. The number of nitrogens with one attached hydrogen (secondary N) is 1. The van der Waals surface area contributed by atoms with Gasteiger partial charge in [0.2, 0.25) is 12.0 Å². The zero-order valence-corrected chi connectivity index (χ0v) is 15.1. The monoisotopic (exact) mass is 373 g/mol. The fourth-order valence-electron chi connectivity index (χ4n) is 3.09. The van der Waals surface area contributed by atoms with E-state index in [4.69, 9.17) is 4.74 Å². The first-order chi connectivity index (χ1) is 13.7. The van der Waals surface area contributed by atoms with Crippen molar-refractivity contribution in [2.75, 3.05) is 11.4 Å². The molecule has 140 valence electrons. The van der Waals surface area contributed by atoms with E-state index in [0.29, 0.717) is 18.1 Å². The van der Waals surface area contributed by atoms with E-state index in [1.54, 1.807) is 18.3 Å². The summed E-state index contributed by atoms with van der Waals surface area (Å²) in [4.78, 5) is 31.2. The second-order valence-electron chi connectivity index (χ2n) is 6.42. The van der Waals surface area contributed by atoms with Gasteiger partial charge in [0.15, 0.2) is 11.6 Å². The molecule has 1 aliphatic heterocycles. The molecule has 3 aromatic rings. The Morgan fingerprint density at radius 1 is 1.00 bits per heavy atom. The van der Waals surface area contributed by atoms with E-state index in [-0.39, 0.29) is 18.4 Å². The maximum absolute atomic E-state index is 13.1. The summed E-state index contributed by atoms with van der Waals surface area (Å²) in [6, 6.07) is 22.3. The fourth-order valence-corrected chi connectivity index (χ4v) is 3.09. The fraction of sp³-hybridized carbons (Fsp3) is 0.136. The average Bonchev–Trinajstić information content (AvgIpc) is 2.75. The molecule has 4 rings (SSSR count). The van der Waals surface area contributed by atoms with Crippen molar-refractivity contribution in [2.45, 2.75) is 12.6 Å². The molecule has 6 heteroatoms. The molecular weight excluding hydrogens is 354 g/mol. The van der Waals surface area contributed by atoms with Gasteiger partial charge in [-0.3, -0.25) is 14.5 Å². The smallest absolute Gasteiger partial charge is 0.274 e. The minimum atomic E-state index is -0.806. The van der Waals surface area contributed by atoms with E-state index in [1.807, 2.05) is 60.7 Å². The summed E-state index contributed by atoms with van der Waals surface area (Å²) in [5.41, 5.74) is 1.72. The summed E-state index contributed by atoms with van der Waals surface area (Å²) in [6.07, 6.45) is 0.771. The van der Waals surface area contributed by atoms with Gasteiger partial charge in [-0.15, -0.1) is 0 Å². The van der Waals surface area contributed by atoms with Crippen LogP contribution in [0.5, 0.6) is 5.75 Å². The third-order valence-corrected chi connectivity index (χ3v) is 4.48. The van der Waals surface area contributed by atoms with Crippen LogP contribution in [0.3, 0.4) is 0 Å². The predicted octanol–water partition coefficient (Wildman–Crippen LogP) is 2.86. The molecule has 2 aromatic carbocycles. The maximum Gasteiger partial charge on any atom is 0.274 e. The number of rotatable bonds is 5. The Labute approximate surface area is 162 Å². The number of hydrogen-bond acceptors (Lipinski definition) is 4. The van der Waals surface area contributed by atoms with Crippen LogP contribution in [0.2, 0.25) is 0 Å². The highest BCUT2D eigenvalue weighted by Gasteiger charge is 2.37. The van der Waals surface area contributed by atoms with Crippen LogP contribution in [0.1, 0.15) is 17.2 Å². The number of pyridine rings is 1. The van der Waals surface area contributed by atoms with Gasteiger partial charge in [0.05, 0.1) is 0 Å². The van der Waals surface area contributed by atoms with E-state index in [9.17, 15) is 9.59 Å². The van der Waals surface area contributed by atoms with Crippen molar-refractivity contribution in [3.8, 4) is 5.75 Å². The Balaban J connectivity index is 1.54. The summed E-state index contributed by atoms with van der Waals surface area (Å²) in [5.74, 6) is 0.260. The molecule has 0 aliphatic carbocycles. The number of benzene rings is 2. The van der Waals surface area contributed by atoms with Crippen molar-refractivity contribution in [1.29, 1.82) is 0 Å². The minimum absolute atomic E-state index is 0.123. The zero-order valence-electron chi connectivity index (χ0n) is 15.1. The summed E-state index contributed by atoms with van der Waals surface area (Å²) < 4.78 is 5.89. The highest BCUT2D eigenvalue weighted by molar-refractivity contribution is 6.03. The van der Waals surface area contributed by atoms with Crippen LogP contribution >= 0.6 is 0 Å². The number of ether oxygens (including phenoxy) is 1. The van der Waals surface area contributed by atoms with Gasteiger partial charge in [-0.1, -0.05) is 60.7 Å². The predicted molar refractivity (Wildman–Crippen MR) is 105 cm³/mol. The topological polar surface area (TPSA) is 71.5 Å². The van der Waals surface area contributed by atoms with Crippen molar-refractivity contribution in [1.82, 2.24) is 10.3 Å². The number of amides is 2. The van der Waals surface area contributed by atoms with Gasteiger partial charge in [-0.25, -0.2) is 4.98 Å². The lowest BCUT2D eigenvalue weighted by Gasteiger charge is -2.33. The number of carbonyl (C=O) groups excluding carboxylic acids is 2. The Bertz CT molecular complexity index is 977. The van der Waals surface area contributed by atoms with E-state index < -0.39 is 6.10 Å². The van der Waals surface area contributed by atoms with Crippen molar-refractivity contribution in [3.05, 3.63) is 90.1 Å². The lowest BCUT2D eigenvalue weighted by Crippen LogP contribution is -2.46. The first-order valence-electron chi connectivity index (χ1n) is 9.01. The van der Waals surface area contributed by atoms with Crippen LogP contribution in [0.15, 0.2) is 79.0 Å². The molecule has 2 heterocycles. The van der Waals surface area contributed by atoms with Gasteiger partial charge < -0.3 is 10.1 Å². The molecule has 0 saturated heterocycles. The summed E-state index contributed by atoms with van der Waals surface area (Å²) in [7, 11) is 0. The highest BCUT2D eigenvalue weighted by Crippen LogP contribution is 2.36. The van der Waals surface area contributed by atoms with Crippen LogP contribution in [-0.2, 0) is 16.1 Å². The van der Waals surface area contributed by atoms with Crippen LogP contribution in [-0.4, -0.2) is 23.3 Å². The molecule has 0 fully saturated rings. The first-order valence-corrected chi connectivity index (χ1v) is 9.01. The van der Waals surface area contributed by atoms with Crippen LogP contribution in [0, 0.1) is 0 Å². The largest absolute Gasteiger partial charge is 0.472 e. The van der Waals surface area contributed by atoms with Gasteiger partial charge in [0, 0.05) is 18.3 Å². The molecule has 6 nitrogen and oxygen atoms in total. The standard InChI is InChI=1S/C22H19N3O3/c26-19(24-14-16-8-3-1-4-9-16)15-25-21-18(12-7-13-23-21)28-20(22(25)27)17-10-5-2-6-11-17/h1-13,20H,14-15H2,(H,24,26)/t20-/m1/s1. The second kappa shape index (κ2) is 7.92. The Kier molecular flexibility index (Phi) is 5.01. The van der Waals surface area contributed by atoms with Crippen molar-refractivity contribution >= 4 is 17.6 Å². The van der Waals surface area contributed by atoms with Crippen LogP contribution in [0.25, 0.3) is 0 Å². The van der Waals surface area contributed by atoms with Gasteiger partial charge in [0.25, 0.3) is 5.91 Å². The molecular formula is C22H19N3O3. The van der Waals surface area contributed by atoms with Crippen molar-refractivity contribution in [2.24, 2.45) is 0 Å². The third-order valence-electron chi connectivity index (χ3n) is 4.48. The molecule has 1 atom stereocenters. The maximum atomic E-state index is 13.1. The van der Waals surface area contributed by atoms with Crippen molar-refractivity contribution in [3.63, 3.8) is 0 Å². The molecule has 1 N–H and O–H groups in total. The van der Waals surface area contributed by atoms with Crippen LogP contribution in [0.4, 0.5) is 5.82 Å². The van der Waals surface area contributed by atoms with E-state index in [2.05, 4.69) is 10.3 Å². The molecule has 0 spiro atoms. The lowest BCUT2D eigenvalue weighted by atomic mass is 10.1. The number of anilines is 1. The van der Waals surface area contributed by atoms with Gasteiger partial charge in [-0.2, -0.15) is 0 Å². The molecule has 0 saturated carbocycles. The molecule has 1 aromatic heterocycles. The molecule has 2 amide bonds. The Hall–Kier alpha value is -3.67. The molecule has 0 unspecified atom stereocenters. The second-order valence-corrected chi connectivity index (χ2v) is 6.42. The quantitative estimate of drug-likeness (QED) is 0.747. The molecule has 28 heavy (non-hydrogen) atoms. The summed E-state index contributed by atoms with van der Waals surface area (Å²) >= 11 is 0. The lowest BCUT2D eigenvalue weighted by molar-refractivity contribution is -0.129. The van der Waals surface area contributed by atoms with E-state index >= 15 is 0 Å². The molecule has 1 aliphatic rings. The highest BCUT2D eigenvalue weighted by atomic mass is 16.5. The zero-order chi connectivity index (χ0) is 19.3. The van der Waals surface area contributed by atoms with Gasteiger partial charge >= 0.3 is 0 Å². The van der Waals surface area contributed by atoms with Crippen molar-refractivity contribution < 1.29 is 14.3 Å². The summed E-state index contributed by atoms with van der Waals surface area (Å²) in [5, 5.41) is 2.85. The Morgan fingerprint density at radius 2 is 1.71 bits per heavy atom. The third kappa shape index (κ3) is 3.71. The first kappa shape index (κ1) is 17.7. The Morgan fingerprint density at radius 3 is 2.46 bits per heavy atom. The van der Waals surface area contributed by atoms with E-state index in [0.717, 1.165) is 11.1 Å². The van der Waals surface area contributed by atoms with E-state index in [1.165, 1.54) is 4.90 Å². The SMILES string of the molecule is O=C(CN1C(=O)[C@@H](c2ccccc2)Oc2cccnc21)NCc1ccccc1. The summed E-state index contributed by atoms with van der Waals surface area (Å²) in [6.45, 7) is 0.276. The minimum Gasteiger partial charge on any atom is -0.472 e. The number of fused-ring (bicyclic) bond motifs is 1. The number of nitrogens with zero attached hydrogens (tertiary/aromatic N) is 2. The van der Waals surface area contributed by atoms with Gasteiger partial charge in [0.1, 0.15) is 6.54 Å². The van der Waals surface area contributed by atoms with Gasteiger partial charge in [-0.05, 0) is 17.7 Å². The van der Waals surface area contributed by atoms with Crippen LogP contribution < -0.4 is 15.0 Å². The number of aromatic nitrogens is 1. The number of hydrogen-bond donors (Lipinski definition) is 1. The number of carbonyl (C=O) groups is 2.